The number of carboxylic acid groups (broad SMARTS) is 1. The molecule has 0 heterocycles. The number of carbonyl (C=O) groups excluding carboxylic acids is 1. The smallest absolute Gasteiger partial charge is 0.303 e. The van der Waals surface area contributed by atoms with E-state index in [9.17, 15) is 9.59 Å². The molecule has 0 aliphatic rings. The van der Waals surface area contributed by atoms with Crippen molar-refractivity contribution < 1.29 is 14.7 Å². The average Bonchev–Trinajstić information content (AvgIpc) is 2.26. The quantitative estimate of drug-likeness (QED) is 0.637. The number of hydrogen-bond acceptors (Lipinski definition) is 2. The van der Waals surface area contributed by atoms with Crippen LogP contribution in [0.15, 0.2) is 0 Å². The van der Waals surface area contributed by atoms with E-state index in [1.165, 1.54) is 12.8 Å². The standard InChI is InChI=1S/C12H23NO3/c1-3-5-6-10(4-2)9-13-11(14)7-8-12(15)16/h10H,3-9H2,1-2H3,(H,13,14)(H,15,16). The van der Waals surface area contributed by atoms with Crippen molar-refractivity contribution in [2.75, 3.05) is 6.54 Å². The molecule has 0 spiro atoms. The molecule has 94 valence electrons. The van der Waals surface area contributed by atoms with Crippen molar-refractivity contribution in [2.45, 2.75) is 52.4 Å². The fourth-order valence-electron chi connectivity index (χ4n) is 1.51. The van der Waals surface area contributed by atoms with Gasteiger partial charge in [0.05, 0.1) is 6.42 Å². The van der Waals surface area contributed by atoms with E-state index in [0.29, 0.717) is 12.5 Å². The molecule has 4 nitrogen and oxygen atoms in total. The van der Waals surface area contributed by atoms with E-state index >= 15 is 0 Å². The minimum atomic E-state index is -0.923. The first-order chi connectivity index (χ1) is 7.60. The highest BCUT2D eigenvalue weighted by molar-refractivity contribution is 5.80. The lowest BCUT2D eigenvalue weighted by Gasteiger charge is -2.14. The number of rotatable bonds is 9. The molecular weight excluding hydrogens is 206 g/mol. The Labute approximate surface area is 97.4 Å². The van der Waals surface area contributed by atoms with Crippen LogP contribution < -0.4 is 5.32 Å². The van der Waals surface area contributed by atoms with Crippen LogP contribution in [0, 0.1) is 5.92 Å². The molecule has 0 aromatic rings. The Morgan fingerprint density at radius 1 is 1.25 bits per heavy atom. The lowest BCUT2D eigenvalue weighted by Crippen LogP contribution is -2.29. The van der Waals surface area contributed by atoms with E-state index in [0.717, 1.165) is 12.8 Å². The van der Waals surface area contributed by atoms with Crippen LogP contribution >= 0.6 is 0 Å². The third-order valence-electron chi connectivity index (χ3n) is 2.70. The van der Waals surface area contributed by atoms with E-state index < -0.39 is 5.97 Å². The molecule has 1 unspecified atom stereocenters. The molecule has 16 heavy (non-hydrogen) atoms. The summed E-state index contributed by atoms with van der Waals surface area (Å²) in [4.78, 5) is 21.5. The van der Waals surface area contributed by atoms with Gasteiger partial charge in [0.25, 0.3) is 0 Å². The molecule has 0 bridgehead atoms. The SMILES string of the molecule is CCCCC(CC)CNC(=O)CCC(=O)O. The third kappa shape index (κ3) is 8.26. The van der Waals surface area contributed by atoms with E-state index in [1.54, 1.807) is 0 Å². The fraction of sp³-hybridized carbons (Fsp3) is 0.833. The average molecular weight is 229 g/mol. The zero-order valence-electron chi connectivity index (χ0n) is 10.3. The number of hydrogen-bond donors (Lipinski definition) is 2. The predicted molar refractivity (Wildman–Crippen MR) is 63.2 cm³/mol. The van der Waals surface area contributed by atoms with Crippen LogP contribution in [0.1, 0.15) is 52.4 Å². The van der Waals surface area contributed by atoms with Crippen molar-refractivity contribution in [1.82, 2.24) is 5.32 Å². The number of amides is 1. The molecule has 1 amide bonds. The number of carboxylic acids is 1. The molecule has 1 atom stereocenters. The maximum absolute atomic E-state index is 11.3. The summed E-state index contributed by atoms with van der Waals surface area (Å²) in [6.45, 7) is 4.94. The van der Waals surface area contributed by atoms with Gasteiger partial charge in [0, 0.05) is 13.0 Å². The Kier molecular flexibility index (Phi) is 8.58. The highest BCUT2D eigenvalue weighted by atomic mass is 16.4. The summed E-state index contributed by atoms with van der Waals surface area (Å²) < 4.78 is 0. The van der Waals surface area contributed by atoms with Crippen LogP contribution in [0.2, 0.25) is 0 Å². The molecule has 0 radical (unpaired) electrons. The minimum Gasteiger partial charge on any atom is -0.481 e. The predicted octanol–water partition coefficient (Wildman–Crippen LogP) is 2.18. The van der Waals surface area contributed by atoms with E-state index in [1.807, 2.05) is 0 Å². The highest BCUT2D eigenvalue weighted by Crippen LogP contribution is 2.11. The van der Waals surface area contributed by atoms with E-state index in [4.69, 9.17) is 5.11 Å². The maximum Gasteiger partial charge on any atom is 0.303 e. The second-order valence-corrected chi connectivity index (χ2v) is 4.11. The Morgan fingerprint density at radius 3 is 2.44 bits per heavy atom. The van der Waals surface area contributed by atoms with Gasteiger partial charge in [0.15, 0.2) is 0 Å². The minimum absolute atomic E-state index is 0.0829. The van der Waals surface area contributed by atoms with Crippen LogP contribution in [0.3, 0.4) is 0 Å². The van der Waals surface area contributed by atoms with Crippen molar-refractivity contribution in [2.24, 2.45) is 5.92 Å². The molecule has 0 saturated carbocycles. The van der Waals surface area contributed by atoms with Crippen molar-refractivity contribution in [3.8, 4) is 0 Å². The maximum atomic E-state index is 11.3. The molecule has 0 aromatic carbocycles. The Bertz CT molecular complexity index is 216. The van der Waals surface area contributed by atoms with Crippen LogP contribution in [0.5, 0.6) is 0 Å². The van der Waals surface area contributed by atoms with Crippen molar-refractivity contribution in [3.05, 3.63) is 0 Å². The number of carbonyl (C=O) groups is 2. The lowest BCUT2D eigenvalue weighted by atomic mass is 9.99. The molecule has 2 N–H and O–H groups in total. The monoisotopic (exact) mass is 229 g/mol. The largest absolute Gasteiger partial charge is 0.481 e. The van der Waals surface area contributed by atoms with Crippen LogP contribution in [-0.2, 0) is 9.59 Å². The van der Waals surface area contributed by atoms with Gasteiger partial charge in [0.2, 0.25) is 5.91 Å². The first kappa shape index (κ1) is 14.9. The summed E-state index contributed by atoms with van der Waals surface area (Å²) in [5, 5.41) is 11.2. The Morgan fingerprint density at radius 2 is 1.94 bits per heavy atom. The zero-order chi connectivity index (χ0) is 12.4. The summed E-state index contributed by atoms with van der Waals surface area (Å²) in [7, 11) is 0. The van der Waals surface area contributed by atoms with Gasteiger partial charge in [-0.25, -0.2) is 0 Å². The van der Waals surface area contributed by atoms with Gasteiger partial charge in [-0.05, 0) is 12.3 Å². The second kappa shape index (κ2) is 9.19. The fourth-order valence-corrected chi connectivity index (χ4v) is 1.51. The summed E-state index contributed by atoms with van der Waals surface area (Å²) in [5.74, 6) is -0.556. The van der Waals surface area contributed by atoms with Gasteiger partial charge < -0.3 is 10.4 Å². The molecule has 0 aromatic heterocycles. The molecule has 0 aliphatic carbocycles. The molecule has 0 saturated heterocycles. The van der Waals surface area contributed by atoms with Gasteiger partial charge in [-0.2, -0.15) is 0 Å². The van der Waals surface area contributed by atoms with E-state index in [-0.39, 0.29) is 18.7 Å². The van der Waals surface area contributed by atoms with Gasteiger partial charge >= 0.3 is 5.97 Å². The second-order valence-electron chi connectivity index (χ2n) is 4.11. The van der Waals surface area contributed by atoms with Gasteiger partial charge in [-0.3, -0.25) is 9.59 Å². The van der Waals surface area contributed by atoms with E-state index in [2.05, 4.69) is 19.2 Å². The van der Waals surface area contributed by atoms with Crippen molar-refractivity contribution in [3.63, 3.8) is 0 Å². The highest BCUT2D eigenvalue weighted by Gasteiger charge is 2.09. The third-order valence-corrected chi connectivity index (χ3v) is 2.70. The first-order valence-corrected chi connectivity index (χ1v) is 6.08. The number of aliphatic carboxylic acids is 1. The molecule has 0 rings (SSSR count). The summed E-state index contributed by atoms with van der Waals surface area (Å²) >= 11 is 0. The summed E-state index contributed by atoms with van der Waals surface area (Å²) in [5.41, 5.74) is 0. The van der Waals surface area contributed by atoms with Crippen molar-refractivity contribution >= 4 is 11.9 Å². The molecule has 0 fully saturated rings. The lowest BCUT2D eigenvalue weighted by molar-refractivity contribution is -0.138. The van der Waals surface area contributed by atoms with Crippen molar-refractivity contribution in [1.29, 1.82) is 0 Å². The van der Waals surface area contributed by atoms with Gasteiger partial charge in [0.1, 0.15) is 0 Å². The zero-order valence-corrected chi connectivity index (χ0v) is 10.3. The summed E-state index contributed by atoms with van der Waals surface area (Å²) in [6, 6.07) is 0. The molecule has 0 aliphatic heterocycles. The normalized spacial score (nSPS) is 12.1. The van der Waals surface area contributed by atoms with Gasteiger partial charge in [-0.15, -0.1) is 0 Å². The van der Waals surface area contributed by atoms with Crippen LogP contribution in [0.25, 0.3) is 0 Å². The molecular formula is C12H23NO3. The van der Waals surface area contributed by atoms with Crippen LogP contribution in [-0.4, -0.2) is 23.5 Å². The Balaban J connectivity index is 3.66. The topological polar surface area (TPSA) is 66.4 Å². The summed E-state index contributed by atoms with van der Waals surface area (Å²) in [6.07, 6.45) is 4.54. The van der Waals surface area contributed by atoms with Gasteiger partial charge in [-0.1, -0.05) is 33.1 Å². The molecule has 4 heteroatoms. The number of unbranched alkanes of at least 4 members (excludes halogenated alkanes) is 1. The number of nitrogens with one attached hydrogen (secondary N) is 1. The van der Waals surface area contributed by atoms with Crippen LogP contribution in [0.4, 0.5) is 0 Å². The Hall–Kier alpha value is -1.06. The first-order valence-electron chi connectivity index (χ1n) is 6.08.